The third-order valence-electron chi connectivity index (χ3n) is 3.59. The molecular weight excluding hydrogens is 198 g/mol. The molecule has 2 nitrogen and oxygen atoms in total. The Morgan fingerprint density at radius 2 is 2.19 bits per heavy atom. The monoisotopic (exact) mass is 219 g/mol. The van der Waals surface area contributed by atoms with Crippen LogP contribution in [0.4, 0.5) is 5.69 Å². The zero-order chi connectivity index (χ0) is 11.5. The molecule has 88 valence electrons. The summed E-state index contributed by atoms with van der Waals surface area (Å²) in [6.45, 7) is 6.36. The van der Waals surface area contributed by atoms with Gasteiger partial charge in [-0.2, -0.15) is 0 Å². The van der Waals surface area contributed by atoms with Gasteiger partial charge >= 0.3 is 0 Å². The quantitative estimate of drug-likeness (QED) is 0.844. The highest BCUT2D eigenvalue weighted by molar-refractivity contribution is 5.55. The summed E-state index contributed by atoms with van der Waals surface area (Å²) >= 11 is 0. The van der Waals surface area contributed by atoms with E-state index < -0.39 is 0 Å². The molecule has 1 aromatic carbocycles. The maximum absolute atomic E-state index is 9.76. The van der Waals surface area contributed by atoms with Gasteiger partial charge in [0.15, 0.2) is 0 Å². The van der Waals surface area contributed by atoms with E-state index in [0.29, 0.717) is 0 Å². The lowest BCUT2D eigenvalue weighted by Crippen LogP contribution is -2.21. The Morgan fingerprint density at radius 3 is 2.81 bits per heavy atom. The number of hydrogen-bond donors (Lipinski definition) is 1. The Labute approximate surface area is 97.9 Å². The minimum Gasteiger partial charge on any atom is -0.389 e. The average molecular weight is 219 g/mol. The van der Waals surface area contributed by atoms with Crippen LogP contribution in [0.25, 0.3) is 0 Å². The minimum absolute atomic E-state index is 0.378. The number of aliphatic hydroxyl groups is 1. The van der Waals surface area contributed by atoms with Gasteiger partial charge in [-0.1, -0.05) is 31.5 Å². The number of hydrogen-bond acceptors (Lipinski definition) is 2. The maximum Gasteiger partial charge on any atom is 0.0781 e. The molecule has 16 heavy (non-hydrogen) atoms. The first kappa shape index (κ1) is 11.5. The summed E-state index contributed by atoms with van der Waals surface area (Å²) in [6, 6.07) is 8.21. The molecule has 1 aliphatic heterocycles. The van der Waals surface area contributed by atoms with Crippen LogP contribution >= 0.6 is 0 Å². The molecule has 0 radical (unpaired) electrons. The Morgan fingerprint density at radius 1 is 1.44 bits per heavy atom. The Balaban J connectivity index is 2.20. The second kappa shape index (κ2) is 4.88. The Bertz CT molecular complexity index is 348. The largest absolute Gasteiger partial charge is 0.389 e. The highest BCUT2D eigenvalue weighted by Crippen LogP contribution is 2.31. The summed E-state index contributed by atoms with van der Waals surface area (Å²) in [5.41, 5.74) is 2.27. The van der Waals surface area contributed by atoms with Crippen molar-refractivity contribution in [1.29, 1.82) is 0 Å². The summed E-state index contributed by atoms with van der Waals surface area (Å²) < 4.78 is 0. The van der Waals surface area contributed by atoms with Gasteiger partial charge in [-0.3, -0.25) is 0 Å². The molecular formula is C14H21NO. The van der Waals surface area contributed by atoms with Crippen molar-refractivity contribution >= 4 is 5.69 Å². The number of nitrogens with zero attached hydrogens (tertiary/aromatic N) is 1. The van der Waals surface area contributed by atoms with Crippen molar-refractivity contribution < 1.29 is 5.11 Å². The average Bonchev–Trinajstić information content (AvgIpc) is 2.77. The number of anilines is 1. The van der Waals surface area contributed by atoms with Crippen molar-refractivity contribution in [2.75, 3.05) is 18.0 Å². The van der Waals surface area contributed by atoms with Gasteiger partial charge in [-0.25, -0.2) is 0 Å². The van der Waals surface area contributed by atoms with Crippen molar-refractivity contribution in [3.05, 3.63) is 29.8 Å². The molecule has 0 bridgehead atoms. The van der Waals surface area contributed by atoms with Crippen LogP contribution in [0.1, 0.15) is 38.4 Å². The number of aliphatic hydroxyl groups excluding tert-OH is 1. The summed E-state index contributed by atoms with van der Waals surface area (Å²) in [5.74, 6) is 0.821. The molecule has 0 spiro atoms. The van der Waals surface area contributed by atoms with Crippen LogP contribution in [0.3, 0.4) is 0 Å². The molecule has 0 aromatic heterocycles. The van der Waals surface area contributed by atoms with Gasteiger partial charge in [-0.15, -0.1) is 0 Å². The zero-order valence-electron chi connectivity index (χ0n) is 10.2. The predicted octanol–water partition coefficient (Wildman–Crippen LogP) is 2.98. The number of para-hydroxylation sites is 1. The smallest absolute Gasteiger partial charge is 0.0781 e. The lowest BCUT2D eigenvalue weighted by Gasteiger charge is -2.23. The van der Waals surface area contributed by atoms with E-state index in [1.165, 1.54) is 18.5 Å². The molecule has 2 heteroatoms. The van der Waals surface area contributed by atoms with E-state index in [0.717, 1.165) is 24.6 Å². The van der Waals surface area contributed by atoms with Crippen molar-refractivity contribution in [3.8, 4) is 0 Å². The fourth-order valence-electron chi connectivity index (χ4n) is 2.51. The van der Waals surface area contributed by atoms with Crippen molar-refractivity contribution in [3.63, 3.8) is 0 Å². The van der Waals surface area contributed by atoms with Crippen LogP contribution in [0.2, 0.25) is 0 Å². The van der Waals surface area contributed by atoms with Crippen LogP contribution in [-0.4, -0.2) is 18.2 Å². The molecule has 1 aromatic rings. The van der Waals surface area contributed by atoms with E-state index in [9.17, 15) is 5.11 Å². The first-order chi connectivity index (χ1) is 7.72. The lowest BCUT2D eigenvalue weighted by molar-refractivity contribution is 0.199. The molecule has 2 unspecified atom stereocenters. The second-order valence-corrected chi connectivity index (χ2v) is 4.74. The fourth-order valence-corrected chi connectivity index (χ4v) is 2.51. The first-order valence-corrected chi connectivity index (χ1v) is 6.24. The zero-order valence-corrected chi connectivity index (χ0v) is 10.2. The van der Waals surface area contributed by atoms with Crippen LogP contribution in [0.5, 0.6) is 0 Å². The third-order valence-corrected chi connectivity index (χ3v) is 3.59. The molecule has 1 aliphatic rings. The lowest BCUT2D eigenvalue weighted by atomic mass is 10.1. The van der Waals surface area contributed by atoms with E-state index in [1.807, 2.05) is 19.1 Å². The van der Waals surface area contributed by atoms with Crippen LogP contribution < -0.4 is 4.90 Å². The van der Waals surface area contributed by atoms with E-state index in [4.69, 9.17) is 0 Å². The van der Waals surface area contributed by atoms with E-state index in [1.54, 1.807) is 0 Å². The SMILES string of the molecule is CCC1CCN(c2ccccc2C(C)O)C1. The topological polar surface area (TPSA) is 23.5 Å². The van der Waals surface area contributed by atoms with Gasteiger partial charge in [-0.05, 0) is 25.3 Å². The molecule has 1 heterocycles. The predicted molar refractivity (Wildman–Crippen MR) is 67.7 cm³/mol. The van der Waals surface area contributed by atoms with E-state index in [2.05, 4.69) is 24.0 Å². The summed E-state index contributed by atoms with van der Waals surface area (Å²) in [7, 11) is 0. The van der Waals surface area contributed by atoms with Crippen molar-refractivity contribution in [2.45, 2.75) is 32.8 Å². The van der Waals surface area contributed by atoms with Crippen molar-refractivity contribution in [2.24, 2.45) is 5.92 Å². The van der Waals surface area contributed by atoms with Crippen molar-refractivity contribution in [1.82, 2.24) is 0 Å². The van der Waals surface area contributed by atoms with E-state index >= 15 is 0 Å². The van der Waals surface area contributed by atoms with Crippen LogP contribution in [-0.2, 0) is 0 Å². The van der Waals surface area contributed by atoms with Crippen LogP contribution in [0, 0.1) is 5.92 Å². The van der Waals surface area contributed by atoms with Gasteiger partial charge in [0.1, 0.15) is 0 Å². The van der Waals surface area contributed by atoms with Gasteiger partial charge in [0.25, 0.3) is 0 Å². The fraction of sp³-hybridized carbons (Fsp3) is 0.571. The first-order valence-electron chi connectivity index (χ1n) is 6.24. The van der Waals surface area contributed by atoms with Gasteiger partial charge < -0.3 is 10.0 Å². The molecule has 1 saturated heterocycles. The normalized spacial score (nSPS) is 22.4. The van der Waals surface area contributed by atoms with Crippen LogP contribution in [0.15, 0.2) is 24.3 Å². The molecule has 2 rings (SSSR count). The Hall–Kier alpha value is -1.02. The maximum atomic E-state index is 9.76. The highest BCUT2D eigenvalue weighted by atomic mass is 16.3. The summed E-state index contributed by atoms with van der Waals surface area (Å²) in [4.78, 5) is 2.41. The van der Waals surface area contributed by atoms with E-state index in [-0.39, 0.29) is 6.10 Å². The molecule has 0 aliphatic carbocycles. The number of rotatable bonds is 3. The molecule has 1 fully saturated rings. The highest BCUT2D eigenvalue weighted by Gasteiger charge is 2.23. The third kappa shape index (κ3) is 2.22. The number of benzene rings is 1. The Kier molecular flexibility index (Phi) is 3.49. The molecule has 0 saturated carbocycles. The van der Waals surface area contributed by atoms with Gasteiger partial charge in [0, 0.05) is 24.3 Å². The standard InChI is InChI=1S/C14H21NO/c1-3-12-8-9-15(10-12)14-7-5-4-6-13(14)11(2)16/h4-7,11-12,16H,3,8-10H2,1-2H3. The van der Waals surface area contributed by atoms with Gasteiger partial charge in [0.05, 0.1) is 6.10 Å². The summed E-state index contributed by atoms with van der Waals surface area (Å²) in [6.07, 6.45) is 2.16. The molecule has 0 amide bonds. The van der Waals surface area contributed by atoms with Gasteiger partial charge in [0.2, 0.25) is 0 Å². The molecule has 1 N–H and O–H groups in total. The molecule has 2 atom stereocenters. The second-order valence-electron chi connectivity index (χ2n) is 4.74. The summed E-state index contributed by atoms with van der Waals surface area (Å²) in [5, 5.41) is 9.76. The minimum atomic E-state index is -0.378.